The van der Waals surface area contributed by atoms with E-state index in [0.29, 0.717) is 30.8 Å². The zero-order valence-corrected chi connectivity index (χ0v) is 16.9. The van der Waals surface area contributed by atoms with Crippen molar-refractivity contribution in [3.05, 3.63) is 58.0 Å². The van der Waals surface area contributed by atoms with Crippen molar-refractivity contribution in [1.29, 1.82) is 0 Å². The van der Waals surface area contributed by atoms with Gasteiger partial charge >= 0.3 is 0 Å². The number of carbonyl (C=O) groups excluding carboxylic acids is 1. The Morgan fingerprint density at radius 2 is 1.93 bits per heavy atom. The standard InChI is InChI=1S/C22H25N5O2/c1-15-18-21(29)25(2)12-13-26(18)17(24-20(15)28)14-22(8-3-4-9-22)27-11-7-16-6-5-10-23-19(16)27/h5-7,10-11H,3-4,8-9,12-14H2,1-2H3. The Kier molecular flexibility index (Phi) is 4.08. The number of nitrogens with zero attached hydrogens (tertiary/aromatic N) is 5. The van der Waals surface area contributed by atoms with Crippen molar-refractivity contribution in [3.63, 3.8) is 0 Å². The molecule has 7 heteroatoms. The zero-order chi connectivity index (χ0) is 20.2. The predicted octanol–water partition coefficient (Wildman–Crippen LogP) is 2.50. The molecule has 3 aromatic rings. The number of likely N-dealkylation sites (N-methyl/N-ethyl adjacent to an activating group) is 1. The first kappa shape index (κ1) is 18.1. The molecule has 0 spiro atoms. The van der Waals surface area contributed by atoms with Gasteiger partial charge in [-0.2, -0.15) is 4.98 Å². The van der Waals surface area contributed by atoms with E-state index in [2.05, 4.69) is 32.9 Å². The van der Waals surface area contributed by atoms with Crippen LogP contribution in [0.15, 0.2) is 35.4 Å². The molecule has 4 heterocycles. The minimum Gasteiger partial charge on any atom is -0.339 e. The van der Waals surface area contributed by atoms with Crippen LogP contribution >= 0.6 is 0 Å². The second-order valence-corrected chi connectivity index (χ2v) is 8.40. The van der Waals surface area contributed by atoms with Gasteiger partial charge in [0.1, 0.15) is 17.2 Å². The number of hydrogen-bond acceptors (Lipinski definition) is 4. The van der Waals surface area contributed by atoms with Crippen LogP contribution in [-0.4, -0.2) is 43.5 Å². The maximum atomic E-state index is 12.8. The van der Waals surface area contributed by atoms with Gasteiger partial charge in [0.2, 0.25) is 0 Å². The number of rotatable bonds is 3. The summed E-state index contributed by atoms with van der Waals surface area (Å²) in [5, 5.41) is 1.12. The van der Waals surface area contributed by atoms with E-state index in [0.717, 1.165) is 42.5 Å². The number of amides is 1. The molecule has 1 aliphatic carbocycles. The first-order valence-corrected chi connectivity index (χ1v) is 10.3. The highest BCUT2D eigenvalue weighted by Crippen LogP contribution is 2.41. The molecule has 0 atom stereocenters. The highest BCUT2D eigenvalue weighted by molar-refractivity contribution is 5.94. The third-order valence-corrected chi connectivity index (χ3v) is 6.68. The van der Waals surface area contributed by atoms with Gasteiger partial charge in [-0.1, -0.05) is 12.8 Å². The van der Waals surface area contributed by atoms with Gasteiger partial charge in [-0.15, -0.1) is 0 Å². The lowest BCUT2D eigenvalue weighted by Gasteiger charge is -2.34. The Balaban J connectivity index is 1.66. The lowest BCUT2D eigenvalue weighted by Crippen LogP contribution is -2.44. The summed E-state index contributed by atoms with van der Waals surface area (Å²) in [4.78, 5) is 36.2. The Hall–Kier alpha value is -2.96. The average molecular weight is 391 g/mol. The van der Waals surface area contributed by atoms with Crippen molar-refractivity contribution >= 4 is 16.9 Å². The number of fused-ring (bicyclic) bond motifs is 2. The lowest BCUT2D eigenvalue weighted by atomic mass is 9.91. The quantitative estimate of drug-likeness (QED) is 0.688. The van der Waals surface area contributed by atoms with Crippen molar-refractivity contribution in [2.45, 2.75) is 51.1 Å². The van der Waals surface area contributed by atoms with E-state index in [1.165, 1.54) is 0 Å². The lowest BCUT2D eigenvalue weighted by molar-refractivity contribution is 0.0741. The Morgan fingerprint density at radius 1 is 1.14 bits per heavy atom. The highest BCUT2D eigenvalue weighted by atomic mass is 16.2. The third kappa shape index (κ3) is 2.71. The smallest absolute Gasteiger partial charge is 0.276 e. The fraction of sp³-hybridized carbons (Fsp3) is 0.455. The summed E-state index contributed by atoms with van der Waals surface area (Å²) in [5.74, 6) is 0.625. The second-order valence-electron chi connectivity index (χ2n) is 8.40. The van der Waals surface area contributed by atoms with Gasteiger partial charge in [0.25, 0.3) is 11.5 Å². The Morgan fingerprint density at radius 3 is 2.72 bits per heavy atom. The molecule has 5 rings (SSSR count). The maximum absolute atomic E-state index is 12.8. The van der Waals surface area contributed by atoms with Crippen LogP contribution in [0.5, 0.6) is 0 Å². The number of hydrogen-bond donors (Lipinski definition) is 0. The summed E-state index contributed by atoms with van der Waals surface area (Å²) >= 11 is 0. The van der Waals surface area contributed by atoms with Crippen LogP contribution in [-0.2, 0) is 18.5 Å². The van der Waals surface area contributed by atoms with Gasteiger partial charge in [0.15, 0.2) is 0 Å². The van der Waals surface area contributed by atoms with E-state index in [1.54, 1.807) is 18.9 Å². The first-order valence-electron chi connectivity index (χ1n) is 10.3. The van der Waals surface area contributed by atoms with Crippen molar-refractivity contribution in [2.75, 3.05) is 13.6 Å². The second kappa shape index (κ2) is 6.54. The topological polar surface area (TPSA) is 73.0 Å². The van der Waals surface area contributed by atoms with Gasteiger partial charge < -0.3 is 14.0 Å². The van der Waals surface area contributed by atoms with Crippen molar-refractivity contribution in [2.24, 2.45) is 0 Å². The van der Waals surface area contributed by atoms with Crippen molar-refractivity contribution in [1.82, 2.24) is 24.0 Å². The minimum atomic E-state index is -0.293. The molecule has 0 unspecified atom stereocenters. The summed E-state index contributed by atoms with van der Waals surface area (Å²) in [5.41, 5.74) is 1.45. The molecule has 0 aromatic carbocycles. The maximum Gasteiger partial charge on any atom is 0.276 e. The van der Waals surface area contributed by atoms with Crippen molar-refractivity contribution < 1.29 is 4.79 Å². The molecule has 1 aliphatic heterocycles. The van der Waals surface area contributed by atoms with Gasteiger partial charge in [0.05, 0.1) is 5.54 Å². The van der Waals surface area contributed by atoms with Crippen LogP contribution in [0.25, 0.3) is 11.0 Å². The molecule has 1 amide bonds. The van der Waals surface area contributed by atoms with Crippen LogP contribution in [0.4, 0.5) is 0 Å². The van der Waals surface area contributed by atoms with Crippen LogP contribution < -0.4 is 5.56 Å². The Bertz CT molecular complexity index is 1170. The van der Waals surface area contributed by atoms with Crippen molar-refractivity contribution in [3.8, 4) is 0 Å². The van der Waals surface area contributed by atoms with Gasteiger partial charge in [-0.05, 0) is 38.0 Å². The molecule has 3 aromatic heterocycles. The molecule has 29 heavy (non-hydrogen) atoms. The van der Waals surface area contributed by atoms with Crippen LogP contribution in [0.2, 0.25) is 0 Å². The molecular weight excluding hydrogens is 366 g/mol. The highest BCUT2D eigenvalue weighted by Gasteiger charge is 2.39. The van der Waals surface area contributed by atoms with E-state index >= 15 is 0 Å². The first-order chi connectivity index (χ1) is 14.0. The van der Waals surface area contributed by atoms with Crippen LogP contribution in [0.1, 0.15) is 47.6 Å². The van der Waals surface area contributed by atoms with E-state index in [9.17, 15) is 9.59 Å². The molecular formula is C22H25N5O2. The molecule has 0 N–H and O–H groups in total. The molecule has 0 radical (unpaired) electrons. The Labute approximate surface area is 169 Å². The molecule has 1 fully saturated rings. The summed E-state index contributed by atoms with van der Waals surface area (Å²) < 4.78 is 4.27. The van der Waals surface area contributed by atoms with Crippen LogP contribution in [0, 0.1) is 6.92 Å². The van der Waals surface area contributed by atoms with Gasteiger partial charge in [-0.3, -0.25) is 9.59 Å². The van der Waals surface area contributed by atoms with E-state index < -0.39 is 0 Å². The predicted molar refractivity (Wildman–Crippen MR) is 110 cm³/mol. The SMILES string of the molecule is Cc1c2n(c(CC3(n4ccc5cccnc54)CCCC3)nc1=O)CCN(C)C2=O. The number of carbonyl (C=O) groups is 1. The summed E-state index contributed by atoms with van der Waals surface area (Å²) in [6.45, 7) is 3.00. The largest absolute Gasteiger partial charge is 0.339 e. The fourth-order valence-electron chi connectivity index (χ4n) is 5.06. The number of aromatic nitrogens is 4. The minimum absolute atomic E-state index is 0.0944. The molecule has 0 bridgehead atoms. The molecule has 1 saturated carbocycles. The van der Waals surface area contributed by atoms with E-state index in [4.69, 9.17) is 0 Å². The average Bonchev–Trinajstić information content (AvgIpc) is 3.36. The normalized spacial score (nSPS) is 18.4. The van der Waals surface area contributed by atoms with Gasteiger partial charge in [0, 0.05) is 49.9 Å². The molecule has 7 nitrogen and oxygen atoms in total. The van der Waals surface area contributed by atoms with E-state index in [1.807, 2.05) is 16.8 Å². The molecule has 2 aliphatic rings. The summed E-state index contributed by atoms with van der Waals surface area (Å²) in [7, 11) is 1.78. The van der Waals surface area contributed by atoms with Crippen LogP contribution in [0.3, 0.4) is 0 Å². The zero-order valence-electron chi connectivity index (χ0n) is 16.9. The summed E-state index contributed by atoms with van der Waals surface area (Å²) in [6, 6.07) is 6.13. The van der Waals surface area contributed by atoms with Gasteiger partial charge in [-0.25, -0.2) is 4.98 Å². The van der Waals surface area contributed by atoms with E-state index in [-0.39, 0.29) is 17.0 Å². The fourth-order valence-corrected chi connectivity index (χ4v) is 5.06. The third-order valence-electron chi connectivity index (χ3n) is 6.68. The molecule has 0 saturated heterocycles. The summed E-state index contributed by atoms with van der Waals surface area (Å²) in [6.07, 6.45) is 8.87. The monoisotopic (exact) mass is 391 g/mol. The molecule has 150 valence electrons. The number of pyridine rings is 1.